The molecule has 184 valence electrons. The van der Waals surface area contributed by atoms with Crippen molar-refractivity contribution in [3.8, 4) is 0 Å². The minimum atomic E-state index is -0.638. The normalized spacial score (nSPS) is 14.2. The molecule has 4 aromatic rings. The SMILES string of the molecule is CN1CCN(c2ccc(C(=O)Nc3n[nH]c4ccc(Cc5cc(F)cc(F)c5)cc34)c(N=O)c2)CC1. The standard InChI is InChI=1S/C26H24F2N6O2/c1-33-6-8-34(9-7-33)20-3-4-21(24(15-20)32-36)26(35)29-25-22-13-16(2-5-23(22)30-31-25)10-17-11-18(27)14-19(28)12-17/h2-5,11-15H,6-10H2,1H3,(H2,29,30,31,35). The fourth-order valence-electron chi connectivity index (χ4n) is 4.44. The van der Waals surface area contributed by atoms with Crippen LogP contribution >= 0.6 is 0 Å². The molecule has 1 aromatic heterocycles. The van der Waals surface area contributed by atoms with Gasteiger partial charge in [-0.25, -0.2) is 8.78 Å². The van der Waals surface area contributed by atoms with Gasteiger partial charge in [0.25, 0.3) is 5.91 Å². The molecule has 0 atom stereocenters. The van der Waals surface area contributed by atoms with Gasteiger partial charge in [0.1, 0.15) is 17.3 Å². The maximum Gasteiger partial charge on any atom is 0.259 e. The second kappa shape index (κ2) is 9.82. The molecule has 5 rings (SSSR count). The van der Waals surface area contributed by atoms with Gasteiger partial charge in [0.15, 0.2) is 5.82 Å². The molecule has 1 aliphatic heterocycles. The first-order valence-electron chi connectivity index (χ1n) is 11.5. The minimum Gasteiger partial charge on any atom is -0.369 e. The Hall–Kier alpha value is -4.18. The van der Waals surface area contributed by atoms with Gasteiger partial charge in [-0.15, -0.1) is 4.91 Å². The van der Waals surface area contributed by atoms with Crippen molar-refractivity contribution < 1.29 is 13.6 Å². The third-order valence-electron chi connectivity index (χ3n) is 6.38. The van der Waals surface area contributed by atoms with E-state index >= 15 is 0 Å². The van der Waals surface area contributed by atoms with Gasteiger partial charge in [-0.05, 0) is 72.2 Å². The fraction of sp³-hybridized carbons (Fsp3) is 0.231. The van der Waals surface area contributed by atoms with Crippen LogP contribution in [-0.2, 0) is 6.42 Å². The molecule has 1 fully saturated rings. The van der Waals surface area contributed by atoms with Gasteiger partial charge in [-0.1, -0.05) is 6.07 Å². The fourth-order valence-corrected chi connectivity index (χ4v) is 4.44. The molecular formula is C26H24F2N6O2. The summed E-state index contributed by atoms with van der Waals surface area (Å²) in [6, 6.07) is 13.8. The van der Waals surface area contributed by atoms with Crippen molar-refractivity contribution in [2.45, 2.75) is 6.42 Å². The first-order chi connectivity index (χ1) is 17.4. The number of halogens is 2. The Morgan fingerprint density at radius 1 is 1.00 bits per heavy atom. The van der Waals surface area contributed by atoms with Gasteiger partial charge in [-0.3, -0.25) is 9.89 Å². The zero-order valence-corrected chi connectivity index (χ0v) is 19.6. The number of amides is 1. The maximum absolute atomic E-state index is 13.6. The number of hydrogen-bond acceptors (Lipinski definition) is 6. The number of rotatable bonds is 6. The first-order valence-corrected chi connectivity index (χ1v) is 11.5. The number of aromatic nitrogens is 2. The highest BCUT2D eigenvalue weighted by Crippen LogP contribution is 2.29. The quantitative estimate of drug-likeness (QED) is 0.378. The second-order valence-electron chi connectivity index (χ2n) is 8.94. The van der Waals surface area contributed by atoms with Gasteiger partial charge >= 0.3 is 0 Å². The highest BCUT2D eigenvalue weighted by Gasteiger charge is 2.20. The van der Waals surface area contributed by atoms with E-state index in [9.17, 15) is 18.5 Å². The molecule has 0 radical (unpaired) electrons. The number of carbonyl (C=O) groups excluding carboxylic acids is 1. The van der Waals surface area contributed by atoms with Crippen molar-refractivity contribution in [2.75, 3.05) is 43.4 Å². The summed E-state index contributed by atoms with van der Waals surface area (Å²) in [5, 5.41) is 13.5. The molecule has 0 spiro atoms. The molecule has 0 bridgehead atoms. The zero-order chi connectivity index (χ0) is 25.2. The van der Waals surface area contributed by atoms with E-state index in [1.807, 2.05) is 12.1 Å². The van der Waals surface area contributed by atoms with Crippen LogP contribution in [0.2, 0.25) is 0 Å². The minimum absolute atomic E-state index is 0.0533. The molecule has 1 saturated heterocycles. The third kappa shape index (κ3) is 4.94. The van der Waals surface area contributed by atoms with Gasteiger partial charge in [0.05, 0.1) is 11.1 Å². The third-order valence-corrected chi connectivity index (χ3v) is 6.38. The Bertz CT molecular complexity index is 1430. The molecule has 0 unspecified atom stereocenters. The molecule has 1 aliphatic rings. The number of nitrogens with zero attached hydrogens (tertiary/aromatic N) is 4. The molecule has 1 amide bonds. The van der Waals surface area contributed by atoms with Crippen molar-refractivity contribution in [3.05, 3.63) is 87.8 Å². The van der Waals surface area contributed by atoms with E-state index in [0.717, 1.165) is 43.5 Å². The number of nitroso groups, excluding NO2 is 1. The summed E-state index contributed by atoms with van der Waals surface area (Å²) in [5.74, 6) is -1.51. The van der Waals surface area contributed by atoms with Crippen LogP contribution in [0.3, 0.4) is 0 Å². The number of benzene rings is 3. The summed E-state index contributed by atoms with van der Waals surface area (Å²) < 4.78 is 27.1. The molecule has 2 heterocycles. The largest absolute Gasteiger partial charge is 0.369 e. The van der Waals surface area contributed by atoms with Crippen LogP contribution in [0.25, 0.3) is 10.9 Å². The van der Waals surface area contributed by atoms with Crippen LogP contribution in [0.4, 0.5) is 26.0 Å². The van der Waals surface area contributed by atoms with Crippen LogP contribution in [0.15, 0.2) is 59.8 Å². The number of aromatic amines is 1. The molecular weight excluding hydrogens is 466 g/mol. The van der Waals surface area contributed by atoms with E-state index in [2.05, 4.69) is 37.5 Å². The summed E-state index contributed by atoms with van der Waals surface area (Å²) in [5.41, 5.74) is 3.00. The monoisotopic (exact) mass is 490 g/mol. The highest BCUT2D eigenvalue weighted by molar-refractivity contribution is 6.10. The average Bonchev–Trinajstić information content (AvgIpc) is 3.25. The average molecular weight is 491 g/mol. The molecule has 0 saturated carbocycles. The van der Waals surface area contributed by atoms with Gasteiger partial charge in [-0.2, -0.15) is 5.10 Å². The van der Waals surface area contributed by atoms with Crippen molar-refractivity contribution in [2.24, 2.45) is 5.18 Å². The smallest absolute Gasteiger partial charge is 0.259 e. The zero-order valence-electron chi connectivity index (χ0n) is 19.6. The van der Waals surface area contributed by atoms with Crippen molar-refractivity contribution in [3.63, 3.8) is 0 Å². The first kappa shape index (κ1) is 23.6. The Kier molecular flexibility index (Phi) is 6.43. The topological polar surface area (TPSA) is 93.7 Å². The van der Waals surface area contributed by atoms with E-state index < -0.39 is 17.5 Å². The van der Waals surface area contributed by atoms with E-state index in [1.54, 1.807) is 24.3 Å². The number of carbonyl (C=O) groups is 1. The Labute approximate surface area is 205 Å². The summed E-state index contributed by atoms with van der Waals surface area (Å²) in [6.07, 6.45) is 0.302. The van der Waals surface area contributed by atoms with Crippen LogP contribution in [-0.4, -0.2) is 54.2 Å². The highest BCUT2D eigenvalue weighted by atomic mass is 19.1. The van der Waals surface area contributed by atoms with Gasteiger partial charge < -0.3 is 15.1 Å². The van der Waals surface area contributed by atoms with Gasteiger partial charge in [0, 0.05) is 43.3 Å². The molecule has 10 heteroatoms. The predicted molar refractivity (Wildman–Crippen MR) is 135 cm³/mol. The van der Waals surface area contributed by atoms with E-state index in [4.69, 9.17) is 0 Å². The Balaban J connectivity index is 1.37. The lowest BCUT2D eigenvalue weighted by molar-refractivity contribution is 0.102. The number of anilines is 2. The van der Waals surface area contributed by atoms with Crippen molar-refractivity contribution >= 4 is 34.0 Å². The summed E-state index contributed by atoms with van der Waals surface area (Å²) >= 11 is 0. The van der Waals surface area contributed by atoms with Crippen LogP contribution in [0.1, 0.15) is 21.5 Å². The Morgan fingerprint density at radius 2 is 1.75 bits per heavy atom. The lowest BCUT2D eigenvalue weighted by Crippen LogP contribution is -2.44. The van der Waals surface area contributed by atoms with Crippen molar-refractivity contribution in [1.82, 2.24) is 15.1 Å². The number of H-pyrrole nitrogens is 1. The number of likely N-dealkylation sites (N-methyl/N-ethyl adjacent to an activating group) is 1. The summed E-state index contributed by atoms with van der Waals surface area (Å²) in [6.45, 7) is 3.47. The van der Waals surface area contributed by atoms with Crippen LogP contribution in [0.5, 0.6) is 0 Å². The maximum atomic E-state index is 13.6. The van der Waals surface area contributed by atoms with Gasteiger partial charge in [0.2, 0.25) is 0 Å². The number of nitrogens with one attached hydrogen (secondary N) is 2. The van der Waals surface area contributed by atoms with Crippen LogP contribution in [0, 0.1) is 16.5 Å². The number of fused-ring (bicyclic) bond motifs is 1. The number of hydrogen-bond donors (Lipinski definition) is 2. The van der Waals surface area contributed by atoms with E-state index in [1.165, 1.54) is 12.1 Å². The van der Waals surface area contributed by atoms with Crippen molar-refractivity contribution in [1.29, 1.82) is 0 Å². The van der Waals surface area contributed by atoms with Crippen LogP contribution < -0.4 is 10.2 Å². The van der Waals surface area contributed by atoms with E-state index in [-0.39, 0.29) is 17.1 Å². The van der Waals surface area contributed by atoms with E-state index in [0.29, 0.717) is 22.9 Å². The Morgan fingerprint density at radius 3 is 2.47 bits per heavy atom. The lowest BCUT2D eigenvalue weighted by Gasteiger charge is -2.34. The lowest BCUT2D eigenvalue weighted by atomic mass is 10.0. The molecule has 8 nitrogen and oxygen atoms in total. The predicted octanol–water partition coefficient (Wildman–Crippen LogP) is 4.83. The summed E-state index contributed by atoms with van der Waals surface area (Å²) in [4.78, 5) is 29.0. The molecule has 2 N–H and O–H groups in total. The summed E-state index contributed by atoms with van der Waals surface area (Å²) in [7, 11) is 2.06. The number of piperazine rings is 1. The second-order valence-corrected chi connectivity index (χ2v) is 8.94. The molecule has 0 aliphatic carbocycles. The molecule has 3 aromatic carbocycles. The molecule has 36 heavy (non-hydrogen) atoms.